The van der Waals surface area contributed by atoms with E-state index in [1.54, 1.807) is 0 Å². The molecule has 0 radical (unpaired) electrons. The molecule has 2 unspecified atom stereocenters. The number of Topliss-reactive ketones (excluding diaryl/α,β-unsaturated/α-hetero) is 1. The van der Waals surface area contributed by atoms with Crippen molar-refractivity contribution in [3.63, 3.8) is 0 Å². The fourth-order valence-corrected chi connectivity index (χ4v) is 6.72. The monoisotopic (exact) mass is 362 g/mol. The third kappa shape index (κ3) is 2.76. The molecule has 0 spiro atoms. The number of esters is 1. The Hall–Kier alpha value is -1.16. The number of hydrogen-bond donors (Lipinski definition) is 0. The van der Waals surface area contributed by atoms with Gasteiger partial charge in [0.25, 0.3) is 0 Å². The molecule has 0 aromatic carbocycles. The Bertz CT molecular complexity index is 638. The SMILES string of the molecule is C=C[C@@]1(C)CCC2[C@]3(C)CCC(=O)C(C)(C)C3[C@H](OC(C)=O)C[C@]2(C)O1. The zero-order valence-corrected chi connectivity index (χ0v) is 17.2. The van der Waals surface area contributed by atoms with Gasteiger partial charge in [0.1, 0.15) is 11.9 Å². The van der Waals surface area contributed by atoms with E-state index in [4.69, 9.17) is 9.47 Å². The van der Waals surface area contributed by atoms with Crippen molar-refractivity contribution in [1.82, 2.24) is 0 Å². The van der Waals surface area contributed by atoms with Gasteiger partial charge in [-0.15, -0.1) is 6.58 Å². The summed E-state index contributed by atoms with van der Waals surface area (Å²) in [5, 5.41) is 0. The summed E-state index contributed by atoms with van der Waals surface area (Å²) in [6.45, 7) is 16.0. The van der Waals surface area contributed by atoms with Crippen LogP contribution < -0.4 is 0 Å². The molecular weight excluding hydrogens is 328 g/mol. The van der Waals surface area contributed by atoms with Crippen LogP contribution in [0, 0.1) is 22.7 Å². The van der Waals surface area contributed by atoms with Gasteiger partial charge in [0, 0.05) is 31.1 Å². The van der Waals surface area contributed by atoms with Crippen molar-refractivity contribution in [1.29, 1.82) is 0 Å². The van der Waals surface area contributed by atoms with Gasteiger partial charge in [-0.25, -0.2) is 0 Å². The highest BCUT2D eigenvalue weighted by atomic mass is 16.6. The van der Waals surface area contributed by atoms with E-state index in [0.717, 1.165) is 19.3 Å². The van der Waals surface area contributed by atoms with Crippen molar-refractivity contribution < 1.29 is 19.1 Å². The molecular formula is C22H34O4. The molecule has 3 fully saturated rings. The first-order valence-electron chi connectivity index (χ1n) is 9.92. The van der Waals surface area contributed by atoms with Crippen molar-refractivity contribution in [2.75, 3.05) is 0 Å². The maximum absolute atomic E-state index is 12.7. The predicted molar refractivity (Wildman–Crippen MR) is 101 cm³/mol. The second kappa shape index (κ2) is 5.92. The summed E-state index contributed by atoms with van der Waals surface area (Å²) in [5.74, 6) is 0.367. The van der Waals surface area contributed by atoms with Crippen molar-refractivity contribution >= 4 is 11.8 Å². The third-order valence-corrected chi connectivity index (χ3v) is 7.75. The fraction of sp³-hybridized carbons (Fsp3) is 0.818. The normalized spacial score (nSPS) is 47.5. The molecule has 3 rings (SSSR count). The minimum absolute atomic E-state index is 0.0231. The molecule has 0 amide bonds. The first kappa shape index (κ1) is 19.6. The number of fused-ring (bicyclic) bond motifs is 3. The van der Waals surface area contributed by atoms with E-state index in [1.807, 2.05) is 19.9 Å². The molecule has 3 aliphatic rings. The average molecular weight is 363 g/mol. The number of carbonyl (C=O) groups excluding carboxylic acids is 2. The van der Waals surface area contributed by atoms with Crippen molar-refractivity contribution in [3.8, 4) is 0 Å². The quantitative estimate of drug-likeness (QED) is 0.537. The minimum atomic E-state index is -0.492. The molecule has 1 heterocycles. The van der Waals surface area contributed by atoms with Crippen LogP contribution in [0.3, 0.4) is 0 Å². The van der Waals surface area contributed by atoms with Crippen molar-refractivity contribution in [2.45, 2.75) is 91.0 Å². The molecule has 26 heavy (non-hydrogen) atoms. The molecule has 0 N–H and O–H groups in total. The van der Waals surface area contributed by atoms with Crippen LogP contribution in [0.4, 0.5) is 0 Å². The molecule has 4 heteroatoms. The summed E-state index contributed by atoms with van der Waals surface area (Å²) < 4.78 is 12.5. The number of hydrogen-bond acceptors (Lipinski definition) is 4. The van der Waals surface area contributed by atoms with Crippen LogP contribution in [0.2, 0.25) is 0 Å². The topological polar surface area (TPSA) is 52.6 Å². The van der Waals surface area contributed by atoms with Gasteiger partial charge < -0.3 is 9.47 Å². The minimum Gasteiger partial charge on any atom is -0.462 e. The Kier molecular flexibility index (Phi) is 4.46. The van der Waals surface area contributed by atoms with Gasteiger partial charge in [0.15, 0.2) is 0 Å². The summed E-state index contributed by atoms with van der Waals surface area (Å²) in [4.78, 5) is 24.6. The smallest absolute Gasteiger partial charge is 0.302 e. The first-order valence-corrected chi connectivity index (χ1v) is 9.92. The molecule has 2 saturated carbocycles. The van der Waals surface area contributed by atoms with E-state index in [9.17, 15) is 9.59 Å². The summed E-state index contributed by atoms with van der Waals surface area (Å²) in [6.07, 6.45) is 5.65. The predicted octanol–water partition coefficient (Wildman–Crippen LogP) is 4.46. The molecule has 1 saturated heterocycles. The van der Waals surface area contributed by atoms with Crippen molar-refractivity contribution in [3.05, 3.63) is 12.7 Å². The lowest BCUT2D eigenvalue weighted by atomic mass is 9.43. The Balaban J connectivity index is 2.08. The maximum Gasteiger partial charge on any atom is 0.302 e. The van der Waals surface area contributed by atoms with Crippen LogP contribution in [-0.2, 0) is 19.1 Å². The highest BCUT2D eigenvalue weighted by Gasteiger charge is 2.67. The van der Waals surface area contributed by atoms with E-state index in [-0.39, 0.29) is 40.4 Å². The molecule has 4 nitrogen and oxygen atoms in total. The lowest BCUT2D eigenvalue weighted by molar-refractivity contribution is -0.275. The molecule has 0 aromatic rings. The van der Waals surface area contributed by atoms with Gasteiger partial charge in [0.2, 0.25) is 0 Å². The highest BCUT2D eigenvalue weighted by molar-refractivity contribution is 5.85. The molecule has 0 bridgehead atoms. The summed E-state index contributed by atoms with van der Waals surface area (Å²) >= 11 is 0. The van der Waals surface area contributed by atoms with E-state index < -0.39 is 5.41 Å². The van der Waals surface area contributed by atoms with E-state index in [1.165, 1.54) is 6.92 Å². The second-order valence-corrected chi connectivity index (χ2v) is 10.0. The van der Waals surface area contributed by atoms with Crippen LogP contribution in [0.25, 0.3) is 0 Å². The second-order valence-electron chi connectivity index (χ2n) is 10.0. The van der Waals surface area contributed by atoms with E-state index in [0.29, 0.717) is 18.8 Å². The standard InChI is InChI=1S/C22H34O4/c1-8-20(5)11-9-16-21(6)12-10-17(24)19(3,4)18(21)15(25-14(2)23)13-22(16,7)26-20/h8,15-16,18H,1,9-13H2,2-7H3/t15-,16?,18?,20+,21+,22+/m1/s1. The van der Waals surface area contributed by atoms with Gasteiger partial charge in [0.05, 0.1) is 11.2 Å². The molecule has 1 aliphatic heterocycles. The number of ketones is 1. The average Bonchev–Trinajstić information content (AvgIpc) is 2.49. The maximum atomic E-state index is 12.7. The number of rotatable bonds is 2. The van der Waals surface area contributed by atoms with Gasteiger partial charge in [-0.2, -0.15) is 0 Å². The summed E-state index contributed by atoms with van der Waals surface area (Å²) in [7, 11) is 0. The van der Waals surface area contributed by atoms with Gasteiger partial charge in [-0.05, 0) is 44.4 Å². The van der Waals surface area contributed by atoms with Gasteiger partial charge >= 0.3 is 5.97 Å². The van der Waals surface area contributed by atoms with Gasteiger partial charge in [-0.1, -0.05) is 26.8 Å². The Labute approximate surface area is 157 Å². The Morgan fingerprint density at radius 3 is 2.46 bits per heavy atom. The molecule has 2 aliphatic carbocycles. The lowest BCUT2D eigenvalue weighted by Gasteiger charge is -2.66. The van der Waals surface area contributed by atoms with Crippen molar-refractivity contribution in [2.24, 2.45) is 22.7 Å². The summed E-state index contributed by atoms with van der Waals surface area (Å²) in [6, 6.07) is 0. The van der Waals surface area contributed by atoms with Crippen LogP contribution in [-0.4, -0.2) is 29.1 Å². The number of ether oxygens (including phenoxy) is 2. The zero-order chi connectivity index (χ0) is 19.5. The lowest BCUT2D eigenvalue weighted by Crippen LogP contribution is -2.68. The van der Waals surface area contributed by atoms with E-state index in [2.05, 4.69) is 27.4 Å². The van der Waals surface area contributed by atoms with Crippen LogP contribution >= 0.6 is 0 Å². The zero-order valence-electron chi connectivity index (χ0n) is 17.2. The Morgan fingerprint density at radius 1 is 1.23 bits per heavy atom. The summed E-state index contributed by atoms with van der Waals surface area (Å²) in [5.41, 5.74) is -1.32. The third-order valence-electron chi connectivity index (χ3n) is 7.75. The molecule has 6 atom stereocenters. The van der Waals surface area contributed by atoms with Crippen LogP contribution in [0.5, 0.6) is 0 Å². The first-order chi connectivity index (χ1) is 11.9. The fourth-order valence-electron chi connectivity index (χ4n) is 6.72. The molecule has 0 aromatic heterocycles. The molecule has 146 valence electrons. The van der Waals surface area contributed by atoms with Crippen LogP contribution in [0.15, 0.2) is 12.7 Å². The van der Waals surface area contributed by atoms with Gasteiger partial charge in [-0.3, -0.25) is 9.59 Å². The Morgan fingerprint density at radius 2 is 1.88 bits per heavy atom. The van der Waals surface area contributed by atoms with E-state index >= 15 is 0 Å². The largest absolute Gasteiger partial charge is 0.462 e. The number of carbonyl (C=O) groups is 2. The van der Waals surface area contributed by atoms with Crippen LogP contribution in [0.1, 0.15) is 73.6 Å². The highest BCUT2D eigenvalue weighted by Crippen LogP contribution is 2.65.